The molecule has 1 aromatic carbocycles. The number of hydrogen-bond acceptors (Lipinski definition) is 8. The molecule has 0 radical (unpaired) electrons. The van der Waals surface area contributed by atoms with Crippen molar-refractivity contribution in [3.8, 4) is 5.75 Å². The van der Waals surface area contributed by atoms with Gasteiger partial charge in [-0.3, -0.25) is 4.79 Å². The van der Waals surface area contributed by atoms with E-state index in [4.69, 9.17) is 9.47 Å². The first-order valence-corrected chi connectivity index (χ1v) is 13.9. The zero-order chi connectivity index (χ0) is 25.8. The van der Waals surface area contributed by atoms with Crippen molar-refractivity contribution < 1.29 is 19.1 Å². The third-order valence-corrected chi connectivity index (χ3v) is 8.40. The number of esters is 1. The molecule has 0 spiro atoms. The van der Waals surface area contributed by atoms with E-state index < -0.39 is 0 Å². The first-order valence-electron chi connectivity index (χ1n) is 12.1. The number of rotatable bonds is 9. The first-order chi connectivity index (χ1) is 17.3. The number of aromatic nitrogens is 3. The number of carbonyl (C=O) groups is 2. The second kappa shape index (κ2) is 11.5. The lowest BCUT2D eigenvalue weighted by Crippen LogP contribution is -2.18. The third kappa shape index (κ3) is 5.75. The van der Waals surface area contributed by atoms with Gasteiger partial charge in [-0.15, -0.1) is 21.5 Å². The predicted molar refractivity (Wildman–Crippen MR) is 142 cm³/mol. The summed E-state index contributed by atoms with van der Waals surface area (Å²) in [6, 6.07) is 7.83. The zero-order valence-electron chi connectivity index (χ0n) is 21.3. The Hall–Kier alpha value is -2.85. The molecule has 2 heterocycles. The van der Waals surface area contributed by atoms with Crippen LogP contribution in [0.4, 0.5) is 5.00 Å². The molecular weight excluding hydrogens is 496 g/mol. The summed E-state index contributed by atoms with van der Waals surface area (Å²) in [7, 11) is 1.86. The number of ether oxygens (including phenoxy) is 2. The molecule has 0 saturated heterocycles. The summed E-state index contributed by atoms with van der Waals surface area (Å²) in [6.07, 6.45) is 2.47. The number of thiophene rings is 1. The Morgan fingerprint density at radius 2 is 2.08 bits per heavy atom. The Balaban J connectivity index is 1.42. The minimum atomic E-state index is -0.368. The maximum Gasteiger partial charge on any atom is 0.341 e. The lowest BCUT2D eigenvalue weighted by atomic mass is 9.88. The molecule has 192 valence electrons. The van der Waals surface area contributed by atoms with Crippen LogP contribution in [-0.2, 0) is 29.4 Å². The number of hydrogen-bond donors (Lipinski definition) is 1. The average molecular weight is 529 g/mol. The van der Waals surface area contributed by atoms with Crippen molar-refractivity contribution in [2.75, 3.05) is 17.7 Å². The molecule has 1 aliphatic carbocycles. The summed E-state index contributed by atoms with van der Waals surface area (Å²) in [5.74, 6) is 1.60. The quantitative estimate of drug-likeness (QED) is 0.295. The van der Waals surface area contributed by atoms with E-state index in [0.29, 0.717) is 34.1 Å². The second-order valence-electron chi connectivity index (χ2n) is 9.04. The molecule has 1 amide bonds. The molecule has 8 nitrogen and oxygen atoms in total. The van der Waals surface area contributed by atoms with Crippen LogP contribution in [0.25, 0.3) is 0 Å². The molecule has 2 aromatic heterocycles. The number of para-hydroxylation sites is 1. The van der Waals surface area contributed by atoms with Crippen LogP contribution < -0.4 is 10.1 Å². The number of fused-ring (bicyclic) bond motifs is 1. The summed E-state index contributed by atoms with van der Waals surface area (Å²) in [4.78, 5) is 26.7. The van der Waals surface area contributed by atoms with Crippen molar-refractivity contribution in [2.24, 2.45) is 13.0 Å². The fourth-order valence-corrected chi connectivity index (χ4v) is 6.42. The van der Waals surface area contributed by atoms with Gasteiger partial charge in [0.2, 0.25) is 5.91 Å². The normalized spacial score (nSPS) is 15.8. The van der Waals surface area contributed by atoms with E-state index in [2.05, 4.69) is 22.4 Å². The minimum absolute atomic E-state index is 0.139. The highest BCUT2D eigenvalue weighted by molar-refractivity contribution is 7.99. The van der Waals surface area contributed by atoms with Crippen molar-refractivity contribution >= 4 is 40.0 Å². The molecule has 0 aliphatic heterocycles. The van der Waals surface area contributed by atoms with Crippen LogP contribution in [0, 0.1) is 12.8 Å². The van der Waals surface area contributed by atoms with Crippen molar-refractivity contribution in [1.82, 2.24) is 14.8 Å². The molecule has 2 unspecified atom stereocenters. The first kappa shape index (κ1) is 26.2. The zero-order valence-corrected chi connectivity index (χ0v) is 22.9. The Morgan fingerprint density at radius 3 is 2.83 bits per heavy atom. The molecule has 1 N–H and O–H groups in total. The summed E-state index contributed by atoms with van der Waals surface area (Å²) in [5.41, 5.74) is 2.59. The second-order valence-corrected chi connectivity index (χ2v) is 11.1. The molecule has 0 bridgehead atoms. The van der Waals surface area contributed by atoms with Crippen LogP contribution in [-0.4, -0.2) is 39.0 Å². The van der Waals surface area contributed by atoms with Gasteiger partial charge in [-0.2, -0.15) is 0 Å². The summed E-state index contributed by atoms with van der Waals surface area (Å²) >= 11 is 2.78. The number of carbonyl (C=O) groups excluding carboxylic acids is 2. The van der Waals surface area contributed by atoms with Crippen molar-refractivity contribution in [3.63, 3.8) is 0 Å². The molecule has 0 fully saturated rings. The number of nitrogens with one attached hydrogen (secondary N) is 1. The van der Waals surface area contributed by atoms with Crippen LogP contribution in [0.2, 0.25) is 0 Å². The lowest BCUT2D eigenvalue weighted by molar-refractivity contribution is -0.113. The molecule has 4 rings (SSSR count). The number of thioether (sulfide) groups is 1. The Kier molecular flexibility index (Phi) is 8.35. The number of aryl methyl sites for hydroxylation is 1. The van der Waals surface area contributed by atoms with E-state index in [1.54, 1.807) is 6.92 Å². The molecular formula is C26H32N4O4S2. The smallest absolute Gasteiger partial charge is 0.341 e. The molecule has 2 atom stereocenters. The minimum Gasteiger partial charge on any atom is -0.482 e. The summed E-state index contributed by atoms with van der Waals surface area (Å²) < 4.78 is 13.2. The fourth-order valence-electron chi connectivity index (χ4n) is 4.29. The van der Waals surface area contributed by atoms with Crippen LogP contribution in [0.1, 0.15) is 65.5 Å². The molecule has 1 aliphatic rings. The largest absolute Gasteiger partial charge is 0.482 e. The van der Waals surface area contributed by atoms with Crippen molar-refractivity contribution in [3.05, 3.63) is 51.7 Å². The lowest BCUT2D eigenvalue weighted by Gasteiger charge is -2.18. The van der Waals surface area contributed by atoms with E-state index in [1.807, 2.05) is 49.7 Å². The highest BCUT2D eigenvalue weighted by Crippen LogP contribution is 2.40. The Labute approximate surface area is 219 Å². The summed E-state index contributed by atoms with van der Waals surface area (Å²) in [5, 5.41) is 12.7. The van der Waals surface area contributed by atoms with Crippen LogP contribution in [0.3, 0.4) is 0 Å². The van der Waals surface area contributed by atoms with E-state index in [1.165, 1.54) is 28.0 Å². The molecule has 36 heavy (non-hydrogen) atoms. The SMILES string of the molecule is CCOC(=O)c1c(NC(=O)CSc2nnc(C(C)Oc3ccccc3C)n2C)sc2c1CCC(C)C2. The predicted octanol–water partition coefficient (Wildman–Crippen LogP) is 5.36. The molecule has 0 saturated carbocycles. The number of nitrogens with zero attached hydrogens (tertiary/aromatic N) is 3. The van der Waals surface area contributed by atoms with Gasteiger partial charge in [0.25, 0.3) is 0 Å². The Morgan fingerprint density at radius 1 is 1.31 bits per heavy atom. The maximum absolute atomic E-state index is 12.9. The molecule has 3 aromatic rings. The summed E-state index contributed by atoms with van der Waals surface area (Å²) in [6.45, 7) is 8.22. The van der Waals surface area contributed by atoms with Crippen LogP contribution in [0.15, 0.2) is 29.4 Å². The van der Waals surface area contributed by atoms with Gasteiger partial charge in [0.05, 0.1) is 17.9 Å². The highest BCUT2D eigenvalue weighted by atomic mass is 32.2. The highest BCUT2D eigenvalue weighted by Gasteiger charge is 2.29. The van der Waals surface area contributed by atoms with E-state index >= 15 is 0 Å². The van der Waals surface area contributed by atoms with Gasteiger partial charge < -0.3 is 19.4 Å². The number of benzene rings is 1. The monoisotopic (exact) mass is 528 g/mol. The molecule has 10 heteroatoms. The Bertz CT molecular complexity index is 1250. The van der Waals surface area contributed by atoms with Crippen LogP contribution in [0.5, 0.6) is 5.75 Å². The number of anilines is 1. The van der Waals surface area contributed by atoms with Crippen molar-refractivity contribution in [2.45, 2.75) is 58.2 Å². The number of amides is 1. The van der Waals surface area contributed by atoms with E-state index in [-0.39, 0.29) is 23.7 Å². The van der Waals surface area contributed by atoms with Gasteiger partial charge in [0, 0.05) is 11.9 Å². The van der Waals surface area contributed by atoms with Gasteiger partial charge in [-0.1, -0.05) is 36.9 Å². The van der Waals surface area contributed by atoms with E-state index in [9.17, 15) is 9.59 Å². The fraction of sp³-hybridized carbons (Fsp3) is 0.462. The third-order valence-electron chi connectivity index (χ3n) is 6.21. The van der Waals surface area contributed by atoms with Gasteiger partial charge in [-0.05, 0) is 63.1 Å². The van der Waals surface area contributed by atoms with Gasteiger partial charge in [-0.25, -0.2) is 4.79 Å². The van der Waals surface area contributed by atoms with Gasteiger partial charge in [0.15, 0.2) is 17.1 Å². The maximum atomic E-state index is 12.9. The van der Waals surface area contributed by atoms with Gasteiger partial charge >= 0.3 is 5.97 Å². The van der Waals surface area contributed by atoms with Crippen molar-refractivity contribution in [1.29, 1.82) is 0 Å². The average Bonchev–Trinajstić information content (AvgIpc) is 3.38. The van der Waals surface area contributed by atoms with Crippen LogP contribution >= 0.6 is 23.1 Å². The standard InChI is InChI=1S/C26H32N4O4S2/c1-6-33-25(32)22-18-12-11-15(2)13-20(18)36-24(22)27-21(31)14-35-26-29-28-23(30(26)5)17(4)34-19-10-8-7-9-16(19)3/h7-10,15,17H,6,11-14H2,1-5H3,(H,27,31). The van der Waals surface area contributed by atoms with Gasteiger partial charge in [0.1, 0.15) is 10.8 Å². The topological polar surface area (TPSA) is 95.3 Å². The van der Waals surface area contributed by atoms with E-state index in [0.717, 1.165) is 36.1 Å².